The van der Waals surface area contributed by atoms with E-state index in [0.29, 0.717) is 11.8 Å². The normalized spacial score (nSPS) is 14.4. The van der Waals surface area contributed by atoms with Gasteiger partial charge in [-0.15, -0.1) is 33.5 Å². The van der Waals surface area contributed by atoms with Gasteiger partial charge in [0.25, 0.3) is 0 Å². The van der Waals surface area contributed by atoms with Gasteiger partial charge in [0.1, 0.15) is 18.4 Å². The average Bonchev–Trinajstić information content (AvgIpc) is 2.38. The van der Waals surface area contributed by atoms with Crippen molar-refractivity contribution >= 4 is 42.6 Å². The molecule has 2 nitrogen and oxygen atoms in total. The van der Waals surface area contributed by atoms with Crippen LogP contribution in [0.3, 0.4) is 0 Å². The molecule has 0 aliphatic heterocycles. The molecule has 0 saturated heterocycles. The molecule has 0 bridgehead atoms. The Labute approximate surface area is 151 Å². The van der Waals surface area contributed by atoms with Gasteiger partial charge in [0.05, 0.1) is 0 Å². The fraction of sp³-hybridized carbons (Fsp3) is 0.875. The Morgan fingerprint density at radius 1 is 1.05 bits per heavy atom. The summed E-state index contributed by atoms with van der Waals surface area (Å²) in [7, 11) is -1.51. The van der Waals surface area contributed by atoms with Crippen LogP contribution in [0.15, 0.2) is 0 Å². The third-order valence-electron chi connectivity index (χ3n) is 3.00. The van der Waals surface area contributed by atoms with E-state index in [-0.39, 0.29) is 4.75 Å². The van der Waals surface area contributed by atoms with Gasteiger partial charge in [0, 0.05) is 23.1 Å². The molecule has 0 saturated carbocycles. The Bertz CT molecular complexity index is 374. The smallest absolute Gasteiger partial charge is 0.137 e. The monoisotopic (exact) mass is 383 g/mol. The van der Waals surface area contributed by atoms with Crippen LogP contribution >= 0.6 is 23.2 Å². The van der Waals surface area contributed by atoms with E-state index in [1.165, 1.54) is 0 Å². The van der Waals surface area contributed by atoms with E-state index < -0.39 is 25.0 Å². The minimum Gasteiger partial charge on any atom is -0.598 e. The van der Waals surface area contributed by atoms with E-state index in [9.17, 15) is 4.55 Å². The molecule has 0 fully saturated rings. The average molecular weight is 384 g/mol. The van der Waals surface area contributed by atoms with Crippen molar-refractivity contribution in [3.8, 4) is 11.5 Å². The maximum atomic E-state index is 12.6. The highest BCUT2D eigenvalue weighted by Crippen LogP contribution is 2.25. The lowest BCUT2D eigenvalue weighted by molar-refractivity contribution is 0.405. The molecule has 0 aliphatic carbocycles. The summed E-state index contributed by atoms with van der Waals surface area (Å²) in [5.41, 5.74) is 2.99. The quantitative estimate of drug-likeness (QED) is 0.285. The molecule has 0 aromatic heterocycles. The molecule has 22 heavy (non-hydrogen) atoms. The molecule has 130 valence electrons. The molecular weight excluding hydrogens is 353 g/mol. The molecule has 0 rings (SSSR count). The summed E-state index contributed by atoms with van der Waals surface area (Å²) in [5, 5.41) is 0. The van der Waals surface area contributed by atoms with Crippen molar-refractivity contribution in [1.82, 2.24) is 4.72 Å². The number of hydrogen-bond donors (Lipinski definition) is 1. The van der Waals surface area contributed by atoms with Crippen LogP contribution in [-0.2, 0) is 11.4 Å². The summed E-state index contributed by atoms with van der Waals surface area (Å²) in [6.07, 6.45) is 3.29. The largest absolute Gasteiger partial charge is 0.598 e. The second-order valence-electron chi connectivity index (χ2n) is 7.65. The molecule has 0 heterocycles. The zero-order chi connectivity index (χ0) is 17.4. The lowest BCUT2D eigenvalue weighted by atomic mass is 9.91. The van der Waals surface area contributed by atoms with Gasteiger partial charge in [0.2, 0.25) is 0 Å². The van der Waals surface area contributed by atoms with Gasteiger partial charge in [-0.25, -0.2) is 0 Å². The van der Waals surface area contributed by atoms with Crippen molar-refractivity contribution in [3.05, 3.63) is 0 Å². The number of hydrogen-bond acceptors (Lipinski definition) is 2. The highest BCUT2D eigenvalue weighted by molar-refractivity contribution is 7.90. The van der Waals surface area contributed by atoms with Crippen LogP contribution < -0.4 is 4.72 Å². The highest BCUT2D eigenvalue weighted by Gasteiger charge is 2.37. The lowest BCUT2D eigenvalue weighted by Gasteiger charge is -2.34. The van der Waals surface area contributed by atoms with E-state index in [1.54, 1.807) is 0 Å². The predicted octanol–water partition coefficient (Wildman–Crippen LogP) is 4.70. The number of halogens is 2. The molecule has 0 spiro atoms. The number of nitrogens with one attached hydrogen (secondary N) is 1. The van der Waals surface area contributed by atoms with Crippen LogP contribution in [0.4, 0.5) is 0 Å². The van der Waals surface area contributed by atoms with Gasteiger partial charge < -0.3 is 4.55 Å². The van der Waals surface area contributed by atoms with Crippen LogP contribution in [0.25, 0.3) is 0 Å². The van der Waals surface area contributed by atoms with E-state index >= 15 is 0 Å². The minimum atomic E-state index is -1.51. The summed E-state index contributed by atoms with van der Waals surface area (Å²) < 4.78 is 15.6. The summed E-state index contributed by atoms with van der Waals surface area (Å²) in [5.74, 6) is 4.60. The van der Waals surface area contributed by atoms with Gasteiger partial charge in [0.15, 0.2) is 0 Å². The summed E-state index contributed by atoms with van der Waals surface area (Å²) in [6, 6.07) is 0. The molecule has 1 atom stereocenters. The van der Waals surface area contributed by atoms with E-state index in [4.69, 9.17) is 23.2 Å². The SMILES string of the molecule is CC(C)(C)[S+]([O-])NC(C#C[Si](C)(C)C)(CCCCl)CCCCl. The van der Waals surface area contributed by atoms with Crippen molar-refractivity contribution in [2.45, 2.75) is 76.4 Å². The fourth-order valence-corrected chi connectivity index (χ4v) is 3.55. The van der Waals surface area contributed by atoms with Gasteiger partial charge in [-0.1, -0.05) is 25.6 Å². The van der Waals surface area contributed by atoms with Crippen molar-refractivity contribution < 1.29 is 4.55 Å². The zero-order valence-corrected chi connectivity index (χ0v) is 18.1. The third kappa shape index (κ3) is 9.70. The molecule has 0 aromatic rings. The van der Waals surface area contributed by atoms with Crippen LogP contribution in [-0.4, -0.2) is 34.7 Å². The highest BCUT2D eigenvalue weighted by atomic mass is 35.5. The summed E-state index contributed by atoms with van der Waals surface area (Å²) in [4.78, 5) is 0. The second-order valence-corrected chi connectivity index (χ2v) is 15.1. The predicted molar refractivity (Wildman–Crippen MR) is 105 cm³/mol. The van der Waals surface area contributed by atoms with Crippen molar-refractivity contribution in [2.75, 3.05) is 11.8 Å². The summed E-state index contributed by atoms with van der Waals surface area (Å²) >= 11 is 10.6. The molecule has 0 aromatic carbocycles. The zero-order valence-electron chi connectivity index (χ0n) is 14.8. The molecule has 1 unspecified atom stereocenters. The molecule has 0 aliphatic rings. The van der Waals surface area contributed by atoms with E-state index in [0.717, 1.165) is 25.7 Å². The van der Waals surface area contributed by atoms with Gasteiger partial charge >= 0.3 is 0 Å². The number of rotatable bonds is 8. The van der Waals surface area contributed by atoms with E-state index in [1.807, 2.05) is 20.8 Å². The first-order valence-electron chi connectivity index (χ1n) is 7.82. The molecule has 0 amide bonds. The van der Waals surface area contributed by atoms with Crippen molar-refractivity contribution in [1.29, 1.82) is 0 Å². The van der Waals surface area contributed by atoms with Gasteiger partial charge in [-0.2, -0.15) is 0 Å². The van der Waals surface area contributed by atoms with Crippen molar-refractivity contribution in [3.63, 3.8) is 0 Å². The lowest BCUT2D eigenvalue weighted by Crippen LogP contribution is -2.53. The molecular formula is C16H31Cl2NOSSi. The van der Waals surface area contributed by atoms with Gasteiger partial charge in [-0.05, 0) is 46.5 Å². The van der Waals surface area contributed by atoms with Crippen LogP contribution in [0.1, 0.15) is 46.5 Å². The molecule has 1 N–H and O–H groups in total. The van der Waals surface area contributed by atoms with Crippen molar-refractivity contribution in [2.24, 2.45) is 0 Å². The van der Waals surface area contributed by atoms with E-state index in [2.05, 4.69) is 35.8 Å². The van der Waals surface area contributed by atoms with Crippen LogP contribution in [0.5, 0.6) is 0 Å². The second kappa shape index (κ2) is 9.81. The maximum Gasteiger partial charge on any atom is 0.137 e. The standard InChI is InChI=1S/C16H31Cl2NOSSi/c1-15(2,3)21(20)19-16(9-7-12-17,10-8-13-18)11-14-22(4,5)6/h19H,7-10,12-13H2,1-6H3. The van der Waals surface area contributed by atoms with Gasteiger partial charge in [-0.3, -0.25) is 0 Å². The summed E-state index contributed by atoms with van der Waals surface area (Å²) in [6.45, 7) is 12.6. The minimum absolute atomic E-state index is 0.325. The Morgan fingerprint density at radius 3 is 1.82 bits per heavy atom. The Balaban J connectivity index is 5.47. The number of alkyl halides is 2. The molecule has 0 radical (unpaired) electrons. The Kier molecular flexibility index (Phi) is 10.1. The first-order valence-corrected chi connectivity index (χ1v) is 13.5. The first kappa shape index (κ1) is 22.6. The third-order valence-corrected chi connectivity index (χ3v) is 6.09. The van der Waals surface area contributed by atoms with Crippen LogP contribution in [0.2, 0.25) is 19.6 Å². The maximum absolute atomic E-state index is 12.6. The topological polar surface area (TPSA) is 35.1 Å². The van der Waals surface area contributed by atoms with Crippen LogP contribution in [0, 0.1) is 11.5 Å². The fourth-order valence-electron chi connectivity index (χ4n) is 1.75. The Hall–Kier alpha value is 0.627. The Morgan fingerprint density at radius 2 is 1.50 bits per heavy atom. The first-order chi connectivity index (χ1) is 9.96. The molecule has 6 heteroatoms.